The number of nitrogens with zero attached hydrogens (tertiary/aromatic N) is 1. The summed E-state index contributed by atoms with van der Waals surface area (Å²) in [7, 11) is 0. The molecule has 2 aliphatic rings. The van der Waals surface area contributed by atoms with Gasteiger partial charge in [0, 0.05) is 5.92 Å². The summed E-state index contributed by atoms with van der Waals surface area (Å²) in [6.45, 7) is 0. The van der Waals surface area contributed by atoms with Gasteiger partial charge in [-0.3, -0.25) is 4.79 Å². The van der Waals surface area contributed by atoms with Crippen LogP contribution in [0.2, 0.25) is 0 Å². The predicted octanol–water partition coefficient (Wildman–Crippen LogP) is 2.41. The molecule has 0 aromatic heterocycles. The molecule has 0 spiro atoms. The summed E-state index contributed by atoms with van der Waals surface area (Å²) in [4.78, 5) is 12.1. The van der Waals surface area contributed by atoms with E-state index in [1.807, 2.05) is 30.3 Å². The Kier molecular flexibility index (Phi) is 2.79. The molecule has 0 heterocycles. The molecule has 0 aliphatic heterocycles. The van der Waals surface area contributed by atoms with E-state index in [1.165, 1.54) is 6.42 Å². The van der Waals surface area contributed by atoms with Gasteiger partial charge >= 0.3 is 0 Å². The highest BCUT2D eigenvalue weighted by Gasteiger charge is 2.48. The van der Waals surface area contributed by atoms with Crippen LogP contribution in [0.4, 0.5) is 0 Å². The van der Waals surface area contributed by atoms with E-state index in [0.717, 1.165) is 30.2 Å². The molecule has 18 heavy (non-hydrogen) atoms. The monoisotopic (exact) mass is 240 g/mol. The van der Waals surface area contributed by atoms with Crippen LogP contribution in [0.3, 0.4) is 0 Å². The highest BCUT2D eigenvalue weighted by atomic mass is 16.1. The number of amides is 1. The number of hydrogen-bond acceptors (Lipinski definition) is 2. The van der Waals surface area contributed by atoms with Crippen LogP contribution in [0.25, 0.3) is 0 Å². The number of benzene rings is 1. The molecule has 2 saturated carbocycles. The van der Waals surface area contributed by atoms with Crippen molar-refractivity contribution in [1.82, 2.24) is 5.32 Å². The molecule has 3 nitrogen and oxygen atoms in total. The molecule has 0 bridgehead atoms. The van der Waals surface area contributed by atoms with Crippen LogP contribution in [0.5, 0.6) is 0 Å². The van der Waals surface area contributed by atoms with Crippen LogP contribution in [0.15, 0.2) is 30.3 Å². The standard InChI is InChI=1S/C15H16N2O/c16-9-14(10-4-2-1-3-5-10)17-15(18)13-7-11-6-12(11)8-13/h1-5,11-14H,6-8H2,(H,17,18). The maximum atomic E-state index is 12.1. The Morgan fingerprint density at radius 3 is 2.50 bits per heavy atom. The molecule has 2 fully saturated rings. The van der Waals surface area contributed by atoms with E-state index in [0.29, 0.717) is 0 Å². The molecular formula is C15H16N2O. The molecule has 92 valence electrons. The Morgan fingerprint density at radius 1 is 1.22 bits per heavy atom. The van der Waals surface area contributed by atoms with Crippen molar-refractivity contribution in [1.29, 1.82) is 5.26 Å². The number of carbonyl (C=O) groups is 1. The van der Waals surface area contributed by atoms with Gasteiger partial charge < -0.3 is 5.32 Å². The molecule has 3 heteroatoms. The summed E-state index contributed by atoms with van der Waals surface area (Å²) in [6, 6.07) is 11.1. The third-order valence-electron chi connectivity index (χ3n) is 4.16. The van der Waals surface area contributed by atoms with Crippen molar-refractivity contribution in [3.05, 3.63) is 35.9 Å². The van der Waals surface area contributed by atoms with E-state index >= 15 is 0 Å². The van der Waals surface area contributed by atoms with Gasteiger partial charge in [-0.25, -0.2) is 0 Å². The van der Waals surface area contributed by atoms with Gasteiger partial charge in [-0.15, -0.1) is 0 Å². The maximum Gasteiger partial charge on any atom is 0.224 e. The minimum Gasteiger partial charge on any atom is -0.336 e. The van der Waals surface area contributed by atoms with Gasteiger partial charge in [-0.2, -0.15) is 5.26 Å². The Hall–Kier alpha value is -1.82. The van der Waals surface area contributed by atoms with E-state index in [1.54, 1.807) is 0 Å². The molecule has 1 N–H and O–H groups in total. The first-order valence-corrected chi connectivity index (χ1v) is 6.53. The second-order valence-electron chi connectivity index (χ2n) is 5.41. The number of carbonyl (C=O) groups excluding carboxylic acids is 1. The largest absolute Gasteiger partial charge is 0.336 e. The normalized spacial score (nSPS) is 30.1. The van der Waals surface area contributed by atoms with Gasteiger partial charge in [-0.05, 0) is 36.7 Å². The lowest BCUT2D eigenvalue weighted by molar-refractivity contribution is -0.125. The second kappa shape index (κ2) is 4.45. The lowest BCUT2D eigenvalue weighted by Crippen LogP contribution is -2.32. The molecule has 1 aromatic rings. The summed E-state index contributed by atoms with van der Waals surface area (Å²) in [5.41, 5.74) is 0.858. The molecular weight excluding hydrogens is 224 g/mol. The number of hydrogen-bond donors (Lipinski definition) is 1. The topological polar surface area (TPSA) is 52.9 Å². The first-order valence-electron chi connectivity index (χ1n) is 6.53. The SMILES string of the molecule is N#CC(NC(=O)C1CC2CC2C1)c1ccccc1. The maximum absolute atomic E-state index is 12.1. The van der Waals surface area contributed by atoms with Gasteiger partial charge in [-0.1, -0.05) is 30.3 Å². The van der Waals surface area contributed by atoms with E-state index in [-0.39, 0.29) is 11.8 Å². The lowest BCUT2D eigenvalue weighted by atomic mass is 10.0. The van der Waals surface area contributed by atoms with Crippen LogP contribution in [0, 0.1) is 29.1 Å². The van der Waals surface area contributed by atoms with Gasteiger partial charge in [0.05, 0.1) is 6.07 Å². The average molecular weight is 240 g/mol. The Bertz CT molecular complexity index is 481. The average Bonchev–Trinajstić information content (AvgIpc) is 3.03. The predicted molar refractivity (Wildman–Crippen MR) is 67.3 cm³/mol. The van der Waals surface area contributed by atoms with Crippen LogP contribution in [0.1, 0.15) is 30.9 Å². The zero-order chi connectivity index (χ0) is 12.5. The summed E-state index contributed by atoms with van der Waals surface area (Å²) in [5, 5.41) is 12.0. The van der Waals surface area contributed by atoms with Crippen LogP contribution < -0.4 is 5.32 Å². The summed E-state index contributed by atoms with van der Waals surface area (Å²) in [5.74, 6) is 1.77. The van der Waals surface area contributed by atoms with Crippen molar-refractivity contribution >= 4 is 5.91 Å². The lowest BCUT2D eigenvalue weighted by Gasteiger charge is -2.16. The Morgan fingerprint density at radius 2 is 1.89 bits per heavy atom. The minimum atomic E-state index is -0.518. The smallest absolute Gasteiger partial charge is 0.224 e. The van der Waals surface area contributed by atoms with E-state index < -0.39 is 6.04 Å². The molecule has 3 rings (SSSR count). The summed E-state index contributed by atoms with van der Waals surface area (Å²) < 4.78 is 0. The van der Waals surface area contributed by atoms with Gasteiger partial charge in [0.1, 0.15) is 6.04 Å². The summed E-state index contributed by atoms with van der Waals surface area (Å²) >= 11 is 0. The molecule has 3 unspecified atom stereocenters. The second-order valence-corrected chi connectivity index (χ2v) is 5.41. The van der Waals surface area contributed by atoms with Gasteiger partial charge in [0.2, 0.25) is 5.91 Å². The summed E-state index contributed by atoms with van der Waals surface area (Å²) in [6.07, 6.45) is 3.34. The number of rotatable bonds is 3. The quantitative estimate of drug-likeness (QED) is 0.882. The molecule has 0 radical (unpaired) electrons. The fourth-order valence-electron chi connectivity index (χ4n) is 3.02. The zero-order valence-corrected chi connectivity index (χ0v) is 10.2. The molecule has 2 aliphatic carbocycles. The van der Waals surface area contributed by atoms with Crippen molar-refractivity contribution < 1.29 is 4.79 Å². The van der Waals surface area contributed by atoms with Gasteiger partial charge in [0.15, 0.2) is 0 Å². The fourth-order valence-corrected chi connectivity index (χ4v) is 3.02. The van der Waals surface area contributed by atoms with Crippen molar-refractivity contribution in [3.8, 4) is 6.07 Å². The van der Waals surface area contributed by atoms with Crippen LogP contribution >= 0.6 is 0 Å². The number of fused-ring (bicyclic) bond motifs is 1. The minimum absolute atomic E-state index is 0.0533. The third-order valence-corrected chi connectivity index (χ3v) is 4.16. The van der Waals surface area contributed by atoms with Crippen molar-refractivity contribution in [3.63, 3.8) is 0 Å². The highest BCUT2D eigenvalue weighted by molar-refractivity contribution is 5.80. The zero-order valence-electron chi connectivity index (χ0n) is 10.2. The number of nitrogens with one attached hydrogen (secondary N) is 1. The van der Waals surface area contributed by atoms with Crippen molar-refractivity contribution in [2.24, 2.45) is 17.8 Å². The molecule has 1 aromatic carbocycles. The molecule has 1 amide bonds. The Balaban J connectivity index is 1.64. The van der Waals surface area contributed by atoms with E-state index in [4.69, 9.17) is 5.26 Å². The number of nitriles is 1. The first-order chi connectivity index (χ1) is 8.78. The van der Waals surface area contributed by atoms with Crippen molar-refractivity contribution in [2.45, 2.75) is 25.3 Å². The molecule has 0 saturated heterocycles. The van der Waals surface area contributed by atoms with E-state index in [9.17, 15) is 4.79 Å². The van der Waals surface area contributed by atoms with Gasteiger partial charge in [0.25, 0.3) is 0 Å². The molecule has 3 atom stereocenters. The van der Waals surface area contributed by atoms with Crippen LogP contribution in [-0.2, 0) is 4.79 Å². The van der Waals surface area contributed by atoms with Crippen molar-refractivity contribution in [2.75, 3.05) is 0 Å². The highest BCUT2D eigenvalue weighted by Crippen LogP contribution is 2.54. The van der Waals surface area contributed by atoms with Crippen LogP contribution in [-0.4, -0.2) is 5.91 Å². The fraction of sp³-hybridized carbons (Fsp3) is 0.467. The third kappa shape index (κ3) is 2.11. The Labute approximate surface area is 107 Å². The van der Waals surface area contributed by atoms with E-state index in [2.05, 4.69) is 11.4 Å². The first kappa shape index (κ1) is 11.3.